The predicted octanol–water partition coefficient (Wildman–Crippen LogP) is 3.05. The molecule has 0 unspecified atom stereocenters. The van der Waals surface area contributed by atoms with Gasteiger partial charge in [-0.15, -0.1) is 0 Å². The van der Waals surface area contributed by atoms with Crippen molar-refractivity contribution in [2.45, 2.75) is 32.6 Å². The van der Waals surface area contributed by atoms with Crippen LogP contribution in [0.2, 0.25) is 0 Å². The maximum absolute atomic E-state index is 10.8. The fraction of sp³-hybridized carbons (Fsp3) is 0.462. The lowest BCUT2D eigenvalue weighted by atomic mass is 10.0. The number of unbranched alkanes of at least 4 members (excludes halogenated alkanes) is 1. The lowest BCUT2D eigenvalue weighted by Crippen LogP contribution is -2.07. The van der Waals surface area contributed by atoms with E-state index in [0.717, 1.165) is 24.2 Å². The average molecular weight is 222 g/mol. The summed E-state index contributed by atoms with van der Waals surface area (Å²) in [5, 5.41) is 8.85. The predicted molar refractivity (Wildman–Crippen MR) is 62.9 cm³/mol. The van der Waals surface area contributed by atoms with Crippen LogP contribution in [0.15, 0.2) is 24.3 Å². The van der Waals surface area contributed by atoms with Gasteiger partial charge in [0, 0.05) is 0 Å². The topological polar surface area (TPSA) is 46.5 Å². The van der Waals surface area contributed by atoms with Crippen LogP contribution in [0.4, 0.5) is 0 Å². The van der Waals surface area contributed by atoms with Crippen LogP contribution in [-0.4, -0.2) is 17.7 Å². The molecule has 0 amide bonds. The second-order valence-corrected chi connectivity index (χ2v) is 3.83. The van der Waals surface area contributed by atoms with Crippen LogP contribution in [0.25, 0.3) is 0 Å². The zero-order chi connectivity index (χ0) is 12.0. The van der Waals surface area contributed by atoms with Gasteiger partial charge in [-0.3, -0.25) is 4.79 Å². The van der Waals surface area contributed by atoms with E-state index in [-0.39, 0.29) is 0 Å². The number of carboxylic acids is 1. The molecule has 0 heterocycles. The van der Waals surface area contributed by atoms with Gasteiger partial charge < -0.3 is 9.84 Å². The number of carboxylic acid groups (broad SMARTS) is 1. The van der Waals surface area contributed by atoms with E-state index in [1.54, 1.807) is 19.1 Å². The van der Waals surface area contributed by atoms with Crippen LogP contribution in [0, 0.1) is 0 Å². The number of rotatable bonds is 6. The number of carbonyl (C=O) groups is 1. The van der Waals surface area contributed by atoms with E-state index in [0.29, 0.717) is 6.61 Å². The summed E-state index contributed by atoms with van der Waals surface area (Å²) < 4.78 is 5.49. The Kier molecular flexibility index (Phi) is 4.83. The molecular weight excluding hydrogens is 204 g/mol. The van der Waals surface area contributed by atoms with Gasteiger partial charge in [0.15, 0.2) is 0 Å². The molecule has 16 heavy (non-hydrogen) atoms. The molecule has 1 rings (SSSR count). The molecular formula is C13H18O3. The van der Waals surface area contributed by atoms with Gasteiger partial charge in [0.1, 0.15) is 5.75 Å². The first-order chi connectivity index (χ1) is 7.65. The molecule has 0 fully saturated rings. The third-order valence-electron chi connectivity index (χ3n) is 2.52. The van der Waals surface area contributed by atoms with Gasteiger partial charge in [0.2, 0.25) is 0 Å². The van der Waals surface area contributed by atoms with E-state index < -0.39 is 11.9 Å². The third kappa shape index (κ3) is 3.57. The summed E-state index contributed by atoms with van der Waals surface area (Å²) in [5.74, 6) is -0.473. The van der Waals surface area contributed by atoms with E-state index in [4.69, 9.17) is 9.84 Å². The summed E-state index contributed by atoms with van der Waals surface area (Å²) in [6.45, 7) is 4.50. The van der Waals surface area contributed by atoms with E-state index >= 15 is 0 Å². The monoisotopic (exact) mass is 222 g/mol. The van der Waals surface area contributed by atoms with Crippen molar-refractivity contribution in [3.63, 3.8) is 0 Å². The SMILES string of the molecule is CCCCOc1ccc([C@H](C)C(=O)O)cc1. The molecule has 0 saturated carbocycles. The van der Waals surface area contributed by atoms with Crippen LogP contribution in [0.1, 0.15) is 38.2 Å². The third-order valence-corrected chi connectivity index (χ3v) is 2.52. The molecule has 1 atom stereocenters. The zero-order valence-corrected chi connectivity index (χ0v) is 9.77. The molecule has 0 aliphatic carbocycles. The lowest BCUT2D eigenvalue weighted by molar-refractivity contribution is -0.138. The van der Waals surface area contributed by atoms with Gasteiger partial charge in [0.25, 0.3) is 0 Å². The molecule has 1 aromatic rings. The largest absolute Gasteiger partial charge is 0.494 e. The Morgan fingerprint density at radius 1 is 1.38 bits per heavy atom. The summed E-state index contributed by atoms with van der Waals surface area (Å²) >= 11 is 0. The molecule has 3 nitrogen and oxygen atoms in total. The fourth-order valence-electron chi connectivity index (χ4n) is 1.33. The minimum atomic E-state index is -0.806. The van der Waals surface area contributed by atoms with Crippen LogP contribution in [0.3, 0.4) is 0 Å². The maximum Gasteiger partial charge on any atom is 0.310 e. The number of hydrogen-bond donors (Lipinski definition) is 1. The number of aliphatic carboxylic acids is 1. The van der Waals surface area contributed by atoms with Crippen molar-refractivity contribution in [2.24, 2.45) is 0 Å². The maximum atomic E-state index is 10.8. The zero-order valence-electron chi connectivity index (χ0n) is 9.77. The Hall–Kier alpha value is -1.51. The second-order valence-electron chi connectivity index (χ2n) is 3.83. The Morgan fingerprint density at radius 3 is 2.50 bits per heavy atom. The number of hydrogen-bond acceptors (Lipinski definition) is 2. The summed E-state index contributed by atoms with van der Waals surface area (Å²) in [7, 11) is 0. The average Bonchev–Trinajstić information content (AvgIpc) is 2.29. The summed E-state index contributed by atoms with van der Waals surface area (Å²) in [4.78, 5) is 10.8. The first-order valence-electron chi connectivity index (χ1n) is 5.60. The molecule has 0 aliphatic rings. The smallest absolute Gasteiger partial charge is 0.310 e. The minimum Gasteiger partial charge on any atom is -0.494 e. The van der Waals surface area contributed by atoms with E-state index in [9.17, 15) is 4.79 Å². The number of ether oxygens (including phenoxy) is 1. The second kappa shape index (κ2) is 6.16. The first kappa shape index (κ1) is 12.6. The van der Waals surface area contributed by atoms with Crippen molar-refractivity contribution >= 4 is 5.97 Å². The van der Waals surface area contributed by atoms with Crippen molar-refractivity contribution in [1.29, 1.82) is 0 Å². The van der Waals surface area contributed by atoms with E-state index in [1.807, 2.05) is 12.1 Å². The first-order valence-corrected chi connectivity index (χ1v) is 5.60. The molecule has 0 aromatic heterocycles. The molecule has 0 aliphatic heterocycles. The van der Waals surface area contributed by atoms with Gasteiger partial charge in [-0.05, 0) is 31.0 Å². The highest BCUT2D eigenvalue weighted by atomic mass is 16.5. The normalized spacial score (nSPS) is 12.1. The molecule has 88 valence electrons. The van der Waals surface area contributed by atoms with E-state index in [2.05, 4.69) is 6.92 Å². The van der Waals surface area contributed by atoms with Crippen molar-refractivity contribution in [2.75, 3.05) is 6.61 Å². The highest BCUT2D eigenvalue weighted by molar-refractivity contribution is 5.75. The van der Waals surface area contributed by atoms with Crippen molar-refractivity contribution in [3.8, 4) is 5.75 Å². The molecule has 0 saturated heterocycles. The Balaban J connectivity index is 2.57. The van der Waals surface area contributed by atoms with Crippen molar-refractivity contribution < 1.29 is 14.6 Å². The Labute approximate surface area is 96.1 Å². The summed E-state index contributed by atoms with van der Waals surface area (Å²) in [6.07, 6.45) is 2.14. The molecule has 1 aromatic carbocycles. The van der Waals surface area contributed by atoms with Crippen LogP contribution in [0.5, 0.6) is 5.75 Å². The quantitative estimate of drug-likeness (QED) is 0.752. The summed E-state index contributed by atoms with van der Waals surface area (Å²) in [6, 6.07) is 7.26. The number of benzene rings is 1. The minimum absolute atomic E-state index is 0.468. The van der Waals surface area contributed by atoms with Gasteiger partial charge in [0.05, 0.1) is 12.5 Å². The van der Waals surface area contributed by atoms with E-state index in [1.165, 1.54) is 0 Å². The van der Waals surface area contributed by atoms with Crippen molar-refractivity contribution in [3.05, 3.63) is 29.8 Å². The molecule has 3 heteroatoms. The summed E-state index contributed by atoms with van der Waals surface area (Å²) in [5.41, 5.74) is 0.801. The molecule has 0 bridgehead atoms. The molecule has 0 radical (unpaired) electrons. The molecule has 1 N–H and O–H groups in total. The van der Waals surface area contributed by atoms with Crippen molar-refractivity contribution in [1.82, 2.24) is 0 Å². The highest BCUT2D eigenvalue weighted by Crippen LogP contribution is 2.19. The van der Waals surface area contributed by atoms with Gasteiger partial charge >= 0.3 is 5.97 Å². The van der Waals surface area contributed by atoms with Crippen LogP contribution in [-0.2, 0) is 4.79 Å². The van der Waals surface area contributed by atoms with Crippen LogP contribution >= 0.6 is 0 Å². The Bertz CT molecular complexity index is 330. The van der Waals surface area contributed by atoms with Gasteiger partial charge in [-0.1, -0.05) is 25.5 Å². The van der Waals surface area contributed by atoms with Gasteiger partial charge in [-0.2, -0.15) is 0 Å². The lowest BCUT2D eigenvalue weighted by Gasteiger charge is -2.08. The molecule has 0 spiro atoms. The van der Waals surface area contributed by atoms with Gasteiger partial charge in [-0.25, -0.2) is 0 Å². The van der Waals surface area contributed by atoms with Crippen LogP contribution < -0.4 is 4.74 Å². The standard InChI is InChI=1S/C13H18O3/c1-3-4-9-16-12-7-5-11(6-8-12)10(2)13(14)15/h5-8,10H,3-4,9H2,1-2H3,(H,14,15)/t10-/m0/s1. The fourth-order valence-corrected chi connectivity index (χ4v) is 1.33. The Morgan fingerprint density at radius 2 is 2.00 bits per heavy atom. The highest BCUT2D eigenvalue weighted by Gasteiger charge is 2.12.